The van der Waals surface area contributed by atoms with Crippen LogP contribution in [0.25, 0.3) is 0 Å². The van der Waals surface area contributed by atoms with E-state index in [1.54, 1.807) is 12.1 Å². The number of halogens is 3. The van der Waals surface area contributed by atoms with Gasteiger partial charge in [-0.1, -0.05) is 25.0 Å². The van der Waals surface area contributed by atoms with Crippen LogP contribution in [0.4, 0.5) is 13.2 Å². The summed E-state index contributed by atoms with van der Waals surface area (Å²) in [7, 11) is 0. The fraction of sp³-hybridized carbons (Fsp3) is 0.500. The average molecular weight is 245 g/mol. The zero-order valence-electron chi connectivity index (χ0n) is 9.20. The van der Waals surface area contributed by atoms with E-state index in [0.717, 1.165) is 12.0 Å². The van der Waals surface area contributed by atoms with E-state index in [1.165, 1.54) is 25.0 Å². The van der Waals surface area contributed by atoms with E-state index in [0.29, 0.717) is 5.92 Å². The largest absolute Gasteiger partial charge is 0.573 e. The van der Waals surface area contributed by atoms with Gasteiger partial charge < -0.3 is 10.5 Å². The maximum atomic E-state index is 11.9. The Hall–Kier alpha value is -1.23. The molecule has 0 heterocycles. The topological polar surface area (TPSA) is 35.2 Å². The first-order chi connectivity index (χ1) is 7.94. The highest BCUT2D eigenvalue weighted by Crippen LogP contribution is 2.37. The standard InChI is InChI=1S/C12H14F3NO/c13-12(14,15)17-10-5-3-9(4-6-10)11(16)7-8-1-2-8/h3-6,8,11H,1-2,7,16H2. The molecular weight excluding hydrogens is 231 g/mol. The van der Waals surface area contributed by atoms with E-state index >= 15 is 0 Å². The number of benzene rings is 1. The van der Waals surface area contributed by atoms with Gasteiger partial charge in [-0.3, -0.25) is 0 Å². The molecule has 1 aliphatic carbocycles. The van der Waals surface area contributed by atoms with Gasteiger partial charge in [0.05, 0.1) is 0 Å². The average Bonchev–Trinajstić information content (AvgIpc) is 3.00. The Kier molecular flexibility index (Phi) is 3.28. The normalized spacial score (nSPS) is 17.9. The van der Waals surface area contributed by atoms with Crippen molar-refractivity contribution in [3.05, 3.63) is 29.8 Å². The van der Waals surface area contributed by atoms with Gasteiger partial charge >= 0.3 is 6.36 Å². The van der Waals surface area contributed by atoms with Crippen LogP contribution < -0.4 is 10.5 Å². The quantitative estimate of drug-likeness (QED) is 0.882. The summed E-state index contributed by atoms with van der Waals surface area (Å²) in [6, 6.07) is 5.69. The molecule has 0 saturated heterocycles. The molecule has 0 aromatic heterocycles. The van der Waals surface area contributed by atoms with Gasteiger partial charge in [0.2, 0.25) is 0 Å². The van der Waals surface area contributed by atoms with Gasteiger partial charge in [-0.05, 0) is 30.0 Å². The second-order valence-electron chi connectivity index (χ2n) is 4.40. The van der Waals surface area contributed by atoms with Gasteiger partial charge in [-0.15, -0.1) is 13.2 Å². The summed E-state index contributed by atoms with van der Waals surface area (Å²) in [5, 5.41) is 0. The van der Waals surface area contributed by atoms with E-state index in [1.807, 2.05) is 0 Å². The van der Waals surface area contributed by atoms with Gasteiger partial charge in [-0.2, -0.15) is 0 Å². The van der Waals surface area contributed by atoms with Crippen LogP contribution in [0.1, 0.15) is 30.9 Å². The Morgan fingerprint density at radius 3 is 2.29 bits per heavy atom. The van der Waals surface area contributed by atoms with Crippen LogP contribution in [0.15, 0.2) is 24.3 Å². The molecule has 1 aromatic carbocycles. The summed E-state index contributed by atoms with van der Waals surface area (Å²) < 4.78 is 39.6. The van der Waals surface area contributed by atoms with Gasteiger partial charge in [0.15, 0.2) is 0 Å². The van der Waals surface area contributed by atoms with E-state index in [4.69, 9.17) is 5.73 Å². The molecule has 1 aliphatic rings. The summed E-state index contributed by atoms with van der Waals surface area (Å²) >= 11 is 0. The number of nitrogens with two attached hydrogens (primary N) is 1. The van der Waals surface area contributed by atoms with Crippen molar-refractivity contribution in [1.82, 2.24) is 0 Å². The highest BCUT2D eigenvalue weighted by atomic mass is 19.4. The lowest BCUT2D eigenvalue weighted by Crippen LogP contribution is -2.17. The number of ether oxygens (including phenoxy) is 1. The van der Waals surface area contributed by atoms with E-state index in [2.05, 4.69) is 4.74 Å². The summed E-state index contributed by atoms with van der Waals surface area (Å²) in [5.74, 6) is 0.482. The molecule has 0 radical (unpaired) electrons. The summed E-state index contributed by atoms with van der Waals surface area (Å²) in [6.07, 6.45) is -1.32. The molecule has 5 heteroatoms. The lowest BCUT2D eigenvalue weighted by molar-refractivity contribution is -0.274. The Bertz CT molecular complexity index is 370. The van der Waals surface area contributed by atoms with Crippen molar-refractivity contribution in [1.29, 1.82) is 0 Å². The van der Waals surface area contributed by atoms with E-state index in [9.17, 15) is 13.2 Å². The van der Waals surface area contributed by atoms with Crippen molar-refractivity contribution in [3.8, 4) is 5.75 Å². The van der Waals surface area contributed by atoms with Gasteiger partial charge in [0.1, 0.15) is 5.75 Å². The lowest BCUT2D eigenvalue weighted by atomic mass is 10.0. The molecule has 1 unspecified atom stereocenters. The smallest absolute Gasteiger partial charge is 0.406 e. The number of alkyl halides is 3. The van der Waals surface area contributed by atoms with Crippen LogP contribution in [0.5, 0.6) is 5.75 Å². The Labute approximate surface area is 97.6 Å². The third kappa shape index (κ3) is 3.93. The maximum absolute atomic E-state index is 11.9. The van der Waals surface area contributed by atoms with Crippen LogP contribution in [0, 0.1) is 5.92 Å². The minimum atomic E-state index is -4.64. The van der Waals surface area contributed by atoms with Gasteiger partial charge in [-0.25, -0.2) is 0 Å². The SMILES string of the molecule is NC(CC1CC1)c1ccc(OC(F)(F)F)cc1. The number of hydrogen-bond acceptors (Lipinski definition) is 2. The third-order valence-corrected chi connectivity index (χ3v) is 2.83. The molecule has 0 aliphatic heterocycles. The summed E-state index contributed by atoms with van der Waals surface area (Å²) in [6.45, 7) is 0. The van der Waals surface area contributed by atoms with E-state index < -0.39 is 6.36 Å². The Morgan fingerprint density at radius 2 is 1.82 bits per heavy atom. The van der Waals surface area contributed by atoms with Gasteiger partial charge in [0.25, 0.3) is 0 Å². The molecule has 1 aromatic rings. The van der Waals surface area contributed by atoms with Crippen molar-refractivity contribution >= 4 is 0 Å². The van der Waals surface area contributed by atoms with Crippen LogP contribution >= 0.6 is 0 Å². The molecule has 2 rings (SSSR count). The van der Waals surface area contributed by atoms with Crippen molar-refractivity contribution < 1.29 is 17.9 Å². The second kappa shape index (κ2) is 4.56. The molecule has 17 heavy (non-hydrogen) atoms. The molecule has 94 valence electrons. The number of hydrogen-bond donors (Lipinski definition) is 1. The Morgan fingerprint density at radius 1 is 1.24 bits per heavy atom. The minimum Gasteiger partial charge on any atom is -0.406 e. The van der Waals surface area contributed by atoms with Crippen LogP contribution in [0.2, 0.25) is 0 Å². The van der Waals surface area contributed by atoms with Crippen molar-refractivity contribution in [2.24, 2.45) is 11.7 Å². The first-order valence-corrected chi connectivity index (χ1v) is 5.55. The third-order valence-electron chi connectivity index (χ3n) is 2.83. The van der Waals surface area contributed by atoms with Crippen molar-refractivity contribution in [2.45, 2.75) is 31.7 Å². The predicted octanol–water partition coefficient (Wildman–Crippen LogP) is 3.39. The van der Waals surface area contributed by atoms with Crippen LogP contribution in [-0.2, 0) is 0 Å². The summed E-state index contributed by atoms with van der Waals surface area (Å²) in [5.41, 5.74) is 6.80. The molecule has 0 spiro atoms. The molecule has 1 atom stereocenters. The molecule has 1 saturated carbocycles. The predicted molar refractivity (Wildman–Crippen MR) is 57.4 cm³/mol. The molecule has 1 fully saturated rings. The zero-order chi connectivity index (χ0) is 12.5. The molecule has 2 N–H and O–H groups in total. The highest BCUT2D eigenvalue weighted by molar-refractivity contribution is 5.29. The molecule has 0 bridgehead atoms. The lowest BCUT2D eigenvalue weighted by Gasteiger charge is -2.13. The fourth-order valence-electron chi connectivity index (χ4n) is 1.77. The van der Waals surface area contributed by atoms with Crippen molar-refractivity contribution in [3.63, 3.8) is 0 Å². The minimum absolute atomic E-state index is 0.0950. The number of rotatable bonds is 4. The first-order valence-electron chi connectivity index (χ1n) is 5.55. The zero-order valence-corrected chi connectivity index (χ0v) is 9.20. The van der Waals surface area contributed by atoms with Crippen LogP contribution in [-0.4, -0.2) is 6.36 Å². The first kappa shape index (κ1) is 12.2. The van der Waals surface area contributed by atoms with Crippen molar-refractivity contribution in [2.75, 3.05) is 0 Å². The highest BCUT2D eigenvalue weighted by Gasteiger charge is 2.31. The monoisotopic (exact) mass is 245 g/mol. The molecular formula is C12H14F3NO. The van der Waals surface area contributed by atoms with E-state index in [-0.39, 0.29) is 11.8 Å². The Balaban J connectivity index is 1.96. The maximum Gasteiger partial charge on any atom is 0.573 e. The summed E-state index contributed by atoms with van der Waals surface area (Å²) in [4.78, 5) is 0. The second-order valence-corrected chi connectivity index (χ2v) is 4.40. The van der Waals surface area contributed by atoms with Gasteiger partial charge in [0, 0.05) is 6.04 Å². The fourth-order valence-corrected chi connectivity index (χ4v) is 1.77. The molecule has 2 nitrogen and oxygen atoms in total. The molecule has 0 amide bonds. The van der Waals surface area contributed by atoms with Crippen LogP contribution in [0.3, 0.4) is 0 Å².